The Balaban J connectivity index is 1.68. The lowest BCUT2D eigenvalue weighted by Crippen LogP contribution is -2.45. The van der Waals surface area contributed by atoms with Gasteiger partial charge in [0.05, 0.1) is 24.0 Å². The van der Waals surface area contributed by atoms with Crippen LogP contribution >= 0.6 is 0 Å². The molecule has 1 unspecified atom stereocenters. The first-order valence-electron chi connectivity index (χ1n) is 8.24. The monoisotopic (exact) mass is 381 g/mol. The van der Waals surface area contributed by atoms with Crippen LogP contribution in [0.5, 0.6) is 0 Å². The zero-order valence-corrected chi connectivity index (χ0v) is 14.4. The quantitative estimate of drug-likeness (QED) is 0.658. The normalized spacial score (nSPS) is 17.4. The molecule has 3 aromatic rings. The van der Waals surface area contributed by atoms with Gasteiger partial charge in [-0.1, -0.05) is 6.07 Å². The number of rotatable bonds is 1. The minimum Gasteiger partial charge on any atom is -0.334 e. The Labute approximate surface area is 150 Å². The number of imidazole rings is 2. The highest BCUT2D eigenvalue weighted by molar-refractivity contribution is 5.95. The number of hydrogen-bond donors (Lipinski definition) is 1. The molecular weight excluding hydrogens is 366 g/mol. The van der Waals surface area contributed by atoms with Crippen molar-refractivity contribution in [2.75, 3.05) is 0 Å². The fraction of sp³-hybridized carbons (Fsp3) is 0.353. The Morgan fingerprint density at radius 1 is 1.33 bits per heavy atom. The summed E-state index contributed by atoms with van der Waals surface area (Å²) in [6.07, 6.45) is -3.44. The van der Waals surface area contributed by atoms with Crippen LogP contribution in [-0.4, -0.2) is 36.4 Å². The van der Waals surface area contributed by atoms with E-state index in [1.807, 2.05) is 0 Å². The molecule has 0 spiro atoms. The number of aryl methyl sites for hydroxylation is 1. The summed E-state index contributed by atoms with van der Waals surface area (Å²) in [5.41, 5.74) is 1.50. The summed E-state index contributed by atoms with van der Waals surface area (Å²) in [6.45, 7) is 3.33. The summed E-state index contributed by atoms with van der Waals surface area (Å²) >= 11 is 0. The predicted octanol–water partition coefficient (Wildman–Crippen LogP) is 3.27. The molecule has 6 nitrogen and oxygen atoms in total. The van der Waals surface area contributed by atoms with Crippen LogP contribution in [0.25, 0.3) is 11.0 Å². The lowest BCUT2D eigenvalue weighted by molar-refractivity contribution is -0.148. The fourth-order valence-corrected chi connectivity index (χ4v) is 3.36. The molecule has 10 heteroatoms. The molecule has 0 saturated carbocycles. The topological polar surface area (TPSA) is 66.8 Å². The van der Waals surface area contributed by atoms with E-state index in [0.717, 1.165) is 16.3 Å². The van der Waals surface area contributed by atoms with Crippen LogP contribution in [0.3, 0.4) is 0 Å². The van der Waals surface area contributed by atoms with E-state index in [-0.39, 0.29) is 30.1 Å². The number of aromatic nitrogens is 4. The molecule has 0 fully saturated rings. The van der Waals surface area contributed by atoms with Crippen LogP contribution in [0.4, 0.5) is 17.6 Å². The van der Waals surface area contributed by atoms with Gasteiger partial charge in [0.25, 0.3) is 5.91 Å². The second-order valence-electron chi connectivity index (χ2n) is 6.64. The van der Waals surface area contributed by atoms with Crippen molar-refractivity contribution in [3.8, 4) is 0 Å². The molecule has 0 radical (unpaired) electrons. The Hall–Kier alpha value is -2.91. The molecule has 1 aromatic carbocycles. The Bertz CT molecular complexity index is 1010. The highest BCUT2D eigenvalue weighted by Gasteiger charge is 2.40. The number of H-pyrrole nitrogens is 1. The van der Waals surface area contributed by atoms with Crippen molar-refractivity contribution in [2.45, 2.75) is 39.2 Å². The van der Waals surface area contributed by atoms with Gasteiger partial charge in [-0.15, -0.1) is 0 Å². The van der Waals surface area contributed by atoms with Gasteiger partial charge in [0.15, 0.2) is 11.6 Å². The lowest BCUT2D eigenvalue weighted by Gasteiger charge is -2.34. The smallest absolute Gasteiger partial charge is 0.334 e. The molecule has 0 saturated heterocycles. The summed E-state index contributed by atoms with van der Waals surface area (Å²) in [5, 5.41) is 0. The van der Waals surface area contributed by atoms with Crippen molar-refractivity contribution in [2.24, 2.45) is 0 Å². The van der Waals surface area contributed by atoms with E-state index < -0.39 is 29.8 Å². The average molecular weight is 381 g/mol. The van der Waals surface area contributed by atoms with Crippen molar-refractivity contribution in [3.05, 3.63) is 47.1 Å². The standard InChI is InChI=1S/C17H15F4N5O/c1-8-3-4-11(18)13-12(8)23-14(24-13)15(27)25-7-10-5-22-16(17(19,20)21)26(10)6-9(25)2/h3-5,9H,6-7H2,1-2H3,(H,23,24). The van der Waals surface area contributed by atoms with Crippen LogP contribution in [0.15, 0.2) is 18.3 Å². The zero-order chi connectivity index (χ0) is 19.5. The van der Waals surface area contributed by atoms with Crippen LogP contribution in [0.2, 0.25) is 0 Å². The summed E-state index contributed by atoms with van der Waals surface area (Å²) in [5.74, 6) is -2.07. The van der Waals surface area contributed by atoms with Gasteiger partial charge < -0.3 is 14.5 Å². The second kappa shape index (κ2) is 5.80. The number of amides is 1. The van der Waals surface area contributed by atoms with Crippen molar-refractivity contribution in [1.29, 1.82) is 0 Å². The van der Waals surface area contributed by atoms with E-state index in [4.69, 9.17) is 0 Å². The summed E-state index contributed by atoms with van der Waals surface area (Å²) in [7, 11) is 0. The third-order valence-corrected chi connectivity index (χ3v) is 4.77. The number of carbonyl (C=O) groups is 1. The van der Waals surface area contributed by atoms with Crippen molar-refractivity contribution in [3.63, 3.8) is 0 Å². The molecular formula is C17H15F4N5O. The zero-order valence-electron chi connectivity index (χ0n) is 14.4. The second-order valence-corrected chi connectivity index (χ2v) is 6.64. The van der Waals surface area contributed by atoms with Gasteiger partial charge >= 0.3 is 6.18 Å². The highest BCUT2D eigenvalue weighted by atomic mass is 19.4. The summed E-state index contributed by atoms with van der Waals surface area (Å²) in [6, 6.07) is 2.33. The largest absolute Gasteiger partial charge is 0.449 e. The number of nitrogens with one attached hydrogen (secondary N) is 1. The van der Waals surface area contributed by atoms with Gasteiger partial charge in [0, 0.05) is 12.6 Å². The van der Waals surface area contributed by atoms with E-state index in [0.29, 0.717) is 5.52 Å². The number of hydrogen-bond acceptors (Lipinski definition) is 3. The molecule has 1 N–H and O–H groups in total. The summed E-state index contributed by atoms with van der Waals surface area (Å²) < 4.78 is 54.1. The Morgan fingerprint density at radius 2 is 2.07 bits per heavy atom. The molecule has 27 heavy (non-hydrogen) atoms. The average Bonchev–Trinajstić information content (AvgIpc) is 3.21. The van der Waals surface area contributed by atoms with Crippen LogP contribution in [-0.2, 0) is 19.3 Å². The predicted molar refractivity (Wildman–Crippen MR) is 87.4 cm³/mol. The maximum absolute atomic E-state index is 13.9. The molecule has 0 aliphatic carbocycles. The third kappa shape index (κ3) is 2.75. The van der Waals surface area contributed by atoms with Gasteiger partial charge in [0.2, 0.25) is 5.82 Å². The Kier molecular flexibility index (Phi) is 3.76. The van der Waals surface area contributed by atoms with E-state index in [1.54, 1.807) is 19.9 Å². The Morgan fingerprint density at radius 3 is 2.74 bits per heavy atom. The van der Waals surface area contributed by atoms with Crippen molar-refractivity contribution >= 4 is 16.9 Å². The van der Waals surface area contributed by atoms with E-state index in [9.17, 15) is 22.4 Å². The van der Waals surface area contributed by atoms with E-state index in [2.05, 4.69) is 15.0 Å². The molecule has 142 valence electrons. The lowest BCUT2D eigenvalue weighted by atomic mass is 10.2. The number of alkyl halides is 3. The minimum atomic E-state index is -4.56. The maximum Gasteiger partial charge on any atom is 0.449 e. The maximum atomic E-state index is 13.9. The van der Waals surface area contributed by atoms with E-state index >= 15 is 0 Å². The molecule has 1 amide bonds. The molecule has 1 aliphatic rings. The number of benzene rings is 1. The molecule has 0 bridgehead atoms. The highest BCUT2D eigenvalue weighted by Crippen LogP contribution is 2.32. The SMILES string of the molecule is Cc1ccc(F)c2nc(C(=O)N3Cc4cnc(C(F)(F)F)n4CC3C)[nH]c12. The van der Waals surface area contributed by atoms with E-state index in [1.165, 1.54) is 11.0 Å². The van der Waals surface area contributed by atoms with Crippen molar-refractivity contribution in [1.82, 2.24) is 24.4 Å². The van der Waals surface area contributed by atoms with Gasteiger partial charge in [0.1, 0.15) is 5.52 Å². The molecule has 1 aliphatic heterocycles. The minimum absolute atomic E-state index is 0.0382. The number of halogens is 4. The molecule has 2 aromatic heterocycles. The molecule has 4 rings (SSSR count). The number of nitrogens with zero attached hydrogens (tertiary/aromatic N) is 4. The third-order valence-electron chi connectivity index (χ3n) is 4.77. The fourth-order valence-electron chi connectivity index (χ4n) is 3.36. The van der Waals surface area contributed by atoms with Crippen LogP contribution < -0.4 is 0 Å². The molecule has 3 heterocycles. The number of fused-ring (bicyclic) bond motifs is 2. The van der Waals surface area contributed by atoms with Crippen LogP contribution in [0, 0.1) is 12.7 Å². The van der Waals surface area contributed by atoms with Gasteiger partial charge in [-0.25, -0.2) is 14.4 Å². The van der Waals surface area contributed by atoms with Crippen LogP contribution in [0.1, 0.15) is 34.6 Å². The first kappa shape index (κ1) is 17.5. The first-order chi connectivity index (χ1) is 12.7. The summed E-state index contributed by atoms with van der Waals surface area (Å²) in [4.78, 5) is 24.6. The number of carbonyl (C=O) groups excluding carboxylic acids is 1. The van der Waals surface area contributed by atoms with Gasteiger partial charge in [-0.3, -0.25) is 4.79 Å². The van der Waals surface area contributed by atoms with Gasteiger partial charge in [-0.05, 0) is 25.5 Å². The molecule has 1 atom stereocenters. The van der Waals surface area contributed by atoms with Gasteiger partial charge in [-0.2, -0.15) is 13.2 Å². The van der Waals surface area contributed by atoms with Crippen molar-refractivity contribution < 1.29 is 22.4 Å². The number of aromatic amines is 1. The first-order valence-corrected chi connectivity index (χ1v) is 8.24.